The summed E-state index contributed by atoms with van der Waals surface area (Å²) in [4.78, 5) is 26.3. The van der Waals surface area contributed by atoms with E-state index in [0.29, 0.717) is 12.0 Å². The summed E-state index contributed by atoms with van der Waals surface area (Å²) in [6.45, 7) is 9.35. The summed E-state index contributed by atoms with van der Waals surface area (Å²) in [5.41, 5.74) is 1.26. The number of thiophene rings is 1. The Hall–Kier alpha value is -1.50. The molecule has 2 aliphatic heterocycles. The van der Waals surface area contributed by atoms with E-state index in [-0.39, 0.29) is 5.91 Å². The van der Waals surface area contributed by atoms with Gasteiger partial charge < -0.3 is 14.7 Å². The van der Waals surface area contributed by atoms with Gasteiger partial charge in [-0.05, 0) is 83.3 Å². The van der Waals surface area contributed by atoms with Gasteiger partial charge >= 0.3 is 0 Å². The number of pyridine rings is 1. The molecule has 4 rings (SSSR count). The molecule has 0 spiro atoms. The number of rotatable bonds is 4. The fraction of sp³-hybridized carbons (Fsp3) is 0.652. The number of likely N-dealkylation sites (tertiary alicyclic amines) is 2. The standard InChI is InChI=1S/C23H34N4OS/c1-16(2)26-14-9-18(10-15-26)27-12-7-17(8-13-27)20-19-6-5-11-24-22(19)29-21(20)23(28)25(3)4/h5-6,11,16-18H,7-10,12-15H2,1-4H3. The highest BCUT2D eigenvalue weighted by atomic mass is 32.1. The molecule has 0 aromatic carbocycles. The first-order chi connectivity index (χ1) is 14.0. The minimum atomic E-state index is 0.117. The molecule has 6 heteroatoms. The number of carbonyl (C=O) groups is 1. The Bertz CT molecular complexity index is 846. The molecular formula is C23H34N4OS. The Morgan fingerprint density at radius 1 is 1.14 bits per heavy atom. The van der Waals surface area contributed by atoms with Crippen molar-refractivity contribution >= 4 is 27.5 Å². The van der Waals surface area contributed by atoms with Gasteiger partial charge in [-0.1, -0.05) is 6.07 Å². The summed E-state index contributed by atoms with van der Waals surface area (Å²) < 4.78 is 0. The van der Waals surface area contributed by atoms with E-state index in [4.69, 9.17) is 0 Å². The number of hydrogen-bond acceptors (Lipinski definition) is 5. The second-order valence-corrected chi connectivity index (χ2v) is 10.1. The Balaban J connectivity index is 1.48. The average molecular weight is 415 g/mol. The van der Waals surface area contributed by atoms with Gasteiger partial charge in [-0.15, -0.1) is 11.3 Å². The van der Waals surface area contributed by atoms with Gasteiger partial charge in [-0.2, -0.15) is 0 Å². The maximum Gasteiger partial charge on any atom is 0.263 e. The second kappa shape index (κ2) is 8.70. The fourth-order valence-electron chi connectivity index (χ4n) is 5.04. The van der Waals surface area contributed by atoms with Gasteiger partial charge in [0.25, 0.3) is 5.91 Å². The number of nitrogens with zero attached hydrogens (tertiary/aromatic N) is 4. The number of fused-ring (bicyclic) bond motifs is 1. The van der Waals surface area contributed by atoms with Gasteiger partial charge in [0.2, 0.25) is 0 Å². The molecule has 1 amide bonds. The van der Waals surface area contributed by atoms with Crippen molar-refractivity contribution in [2.45, 2.75) is 57.5 Å². The molecule has 0 saturated carbocycles. The third-order valence-corrected chi connectivity index (χ3v) is 7.91. The molecule has 0 N–H and O–H groups in total. The zero-order chi connectivity index (χ0) is 20.5. The fourth-order valence-corrected chi connectivity index (χ4v) is 6.29. The smallest absolute Gasteiger partial charge is 0.263 e. The number of amides is 1. The zero-order valence-electron chi connectivity index (χ0n) is 18.2. The topological polar surface area (TPSA) is 39.7 Å². The first-order valence-electron chi connectivity index (χ1n) is 11.0. The van der Waals surface area contributed by atoms with Crippen molar-refractivity contribution in [1.82, 2.24) is 19.7 Å². The van der Waals surface area contributed by atoms with Crippen molar-refractivity contribution in [1.29, 1.82) is 0 Å². The molecule has 0 bridgehead atoms. The van der Waals surface area contributed by atoms with Crippen LogP contribution in [-0.2, 0) is 0 Å². The van der Waals surface area contributed by atoms with Crippen LogP contribution < -0.4 is 0 Å². The van der Waals surface area contributed by atoms with Crippen molar-refractivity contribution in [3.05, 3.63) is 28.8 Å². The van der Waals surface area contributed by atoms with E-state index in [0.717, 1.165) is 41.7 Å². The van der Waals surface area contributed by atoms with Crippen LogP contribution in [0.3, 0.4) is 0 Å². The third kappa shape index (κ3) is 4.21. The van der Waals surface area contributed by atoms with Crippen LogP contribution in [0.2, 0.25) is 0 Å². The first kappa shape index (κ1) is 20.8. The molecule has 0 aliphatic carbocycles. The van der Waals surface area contributed by atoms with Crippen molar-refractivity contribution in [3.63, 3.8) is 0 Å². The molecule has 2 aromatic heterocycles. The van der Waals surface area contributed by atoms with Crippen LogP contribution in [0, 0.1) is 0 Å². The maximum absolute atomic E-state index is 12.9. The molecule has 5 nitrogen and oxygen atoms in total. The SMILES string of the molecule is CC(C)N1CCC(N2CCC(c3c(C(=O)N(C)C)sc4ncccc34)CC2)CC1. The summed E-state index contributed by atoms with van der Waals surface area (Å²) in [6, 6.07) is 5.54. The summed E-state index contributed by atoms with van der Waals surface area (Å²) in [6.07, 6.45) is 6.69. The lowest BCUT2D eigenvalue weighted by molar-refractivity contribution is 0.0748. The summed E-state index contributed by atoms with van der Waals surface area (Å²) in [5.74, 6) is 0.574. The van der Waals surface area contributed by atoms with Gasteiger partial charge in [-0.3, -0.25) is 4.79 Å². The lowest BCUT2D eigenvalue weighted by atomic mass is 9.86. The number of aromatic nitrogens is 1. The van der Waals surface area contributed by atoms with Crippen molar-refractivity contribution in [2.75, 3.05) is 40.3 Å². The van der Waals surface area contributed by atoms with Crippen LogP contribution in [0.15, 0.2) is 18.3 Å². The highest BCUT2D eigenvalue weighted by molar-refractivity contribution is 7.20. The van der Waals surface area contributed by atoms with Crippen molar-refractivity contribution in [2.24, 2.45) is 0 Å². The molecule has 0 unspecified atom stereocenters. The van der Waals surface area contributed by atoms with E-state index in [2.05, 4.69) is 34.7 Å². The minimum Gasteiger partial charge on any atom is -0.344 e. The van der Waals surface area contributed by atoms with Crippen LogP contribution in [0.4, 0.5) is 0 Å². The lowest BCUT2D eigenvalue weighted by Crippen LogP contribution is -2.48. The van der Waals surface area contributed by atoms with Gasteiger partial charge in [0.1, 0.15) is 4.83 Å². The van der Waals surface area contributed by atoms with E-state index in [9.17, 15) is 4.79 Å². The van der Waals surface area contributed by atoms with E-state index in [1.807, 2.05) is 26.4 Å². The quantitative estimate of drug-likeness (QED) is 0.757. The van der Waals surface area contributed by atoms with Crippen molar-refractivity contribution in [3.8, 4) is 0 Å². The molecule has 158 valence electrons. The molecule has 2 aliphatic rings. The molecule has 4 heterocycles. The minimum absolute atomic E-state index is 0.117. The monoisotopic (exact) mass is 414 g/mol. The molecule has 29 heavy (non-hydrogen) atoms. The largest absolute Gasteiger partial charge is 0.344 e. The Morgan fingerprint density at radius 3 is 2.45 bits per heavy atom. The third-order valence-electron chi connectivity index (χ3n) is 6.79. The average Bonchev–Trinajstić information content (AvgIpc) is 3.12. The van der Waals surface area contributed by atoms with Crippen LogP contribution in [0.25, 0.3) is 10.2 Å². The predicted octanol–water partition coefficient (Wildman–Crippen LogP) is 4.05. The summed E-state index contributed by atoms with van der Waals surface area (Å²) >= 11 is 1.56. The normalized spacial score (nSPS) is 20.6. The van der Waals surface area contributed by atoms with Gasteiger partial charge in [0.05, 0.1) is 4.88 Å². The predicted molar refractivity (Wildman–Crippen MR) is 121 cm³/mol. The highest BCUT2D eigenvalue weighted by Gasteiger charge is 2.32. The Morgan fingerprint density at radius 2 is 1.83 bits per heavy atom. The molecule has 0 radical (unpaired) electrons. The highest BCUT2D eigenvalue weighted by Crippen LogP contribution is 2.40. The zero-order valence-corrected chi connectivity index (χ0v) is 19.0. The number of piperidine rings is 2. The summed E-state index contributed by atoms with van der Waals surface area (Å²) in [5, 5.41) is 1.19. The maximum atomic E-state index is 12.9. The Kier molecular flexibility index (Phi) is 6.23. The second-order valence-electron chi connectivity index (χ2n) is 9.07. The van der Waals surface area contributed by atoms with E-state index < -0.39 is 0 Å². The van der Waals surface area contributed by atoms with Crippen LogP contribution in [-0.4, -0.2) is 77.9 Å². The van der Waals surface area contributed by atoms with Gasteiger partial charge in [-0.25, -0.2) is 4.98 Å². The summed E-state index contributed by atoms with van der Waals surface area (Å²) in [7, 11) is 3.69. The number of hydrogen-bond donors (Lipinski definition) is 0. The van der Waals surface area contributed by atoms with E-state index in [1.165, 1.54) is 36.9 Å². The number of carbonyl (C=O) groups excluding carboxylic acids is 1. The molecule has 2 aromatic rings. The molecule has 2 fully saturated rings. The van der Waals surface area contributed by atoms with Crippen LogP contribution >= 0.6 is 11.3 Å². The van der Waals surface area contributed by atoms with Crippen LogP contribution in [0.5, 0.6) is 0 Å². The molecule has 2 saturated heterocycles. The van der Waals surface area contributed by atoms with E-state index >= 15 is 0 Å². The van der Waals surface area contributed by atoms with Crippen LogP contribution in [0.1, 0.15) is 60.7 Å². The van der Waals surface area contributed by atoms with Gasteiger partial charge in [0.15, 0.2) is 0 Å². The Labute approximate surface area is 178 Å². The molecule has 0 atom stereocenters. The first-order valence-corrected chi connectivity index (χ1v) is 11.8. The lowest BCUT2D eigenvalue weighted by Gasteiger charge is -2.43. The van der Waals surface area contributed by atoms with Crippen molar-refractivity contribution < 1.29 is 4.79 Å². The molecular weight excluding hydrogens is 380 g/mol. The van der Waals surface area contributed by atoms with E-state index in [1.54, 1.807) is 16.2 Å². The van der Waals surface area contributed by atoms with Gasteiger partial charge in [0, 0.05) is 37.8 Å².